The molecule has 0 spiro atoms. The minimum Gasteiger partial charge on any atom is -0.323 e. The number of alkyl halides is 3. The molecule has 1 aliphatic carbocycles. The third kappa shape index (κ3) is 2.85. The molecule has 1 nitrogen and oxygen atoms in total. The first kappa shape index (κ1) is 14.6. The summed E-state index contributed by atoms with van der Waals surface area (Å²) in [6.07, 6.45) is -1.13. The lowest BCUT2D eigenvalue weighted by Crippen LogP contribution is -2.22. The lowest BCUT2D eigenvalue weighted by molar-refractivity contribution is -0.137. The average Bonchev–Trinajstić information content (AvgIpc) is 2.94. The first-order chi connectivity index (χ1) is 9.97. The van der Waals surface area contributed by atoms with E-state index in [9.17, 15) is 13.2 Å². The SMILES string of the molecule is NC(c1ccc(C(F)(F)F)cc1)C1CCCc2sccc21. The molecule has 3 rings (SSSR count). The Bertz CT molecular complexity index is 615. The van der Waals surface area contributed by atoms with Gasteiger partial charge in [-0.15, -0.1) is 11.3 Å². The van der Waals surface area contributed by atoms with Gasteiger partial charge in [0, 0.05) is 16.8 Å². The Labute approximate surface area is 125 Å². The van der Waals surface area contributed by atoms with Crippen molar-refractivity contribution in [2.75, 3.05) is 0 Å². The Hall–Kier alpha value is -1.33. The smallest absolute Gasteiger partial charge is 0.323 e. The third-order valence-corrected chi connectivity index (χ3v) is 5.15. The van der Waals surface area contributed by atoms with Crippen LogP contribution in [0.2, 0.25) is 0 Å². The van der Waals surface area contributed by atoms with Crippen LogP contribution in [-0.2, 0) is 12.6 Å². The lowest BCUT2D eigenvalue weighted by atomic mass is 9.80. The summed E-state index contributed by atoms with van der Waals surface area (Å²) in [4.78, 5) is 1.37. The number of rotatable bonds is 2. The van der Waals surface area contributed by atoms with Crippen LogP contribution in [0.15, 0.2) is 35.7 Å². The highest BCUT2D eigenvalue weighted by Gasteiger charge is 2.31. The van der Waals surface area contributed by atoms with Crippen LogP contribution in [0, 0.1) is 0 Å². The quantitative estimate of drug-likeness (QED) is 0.840. The van der Waals surface area contributed by atoms with Gasteiger partial charge in [0.25, 0.3) is 0 Å². The van der Waals surface area contributed by atoms with Gasteiger partial charge in [0.05, 0.1) is 5.56 Å². The first-order valence-electron chi connectivity index (χ1n) is 6.96. The molecule has 5 heteroatoms. The molecule has 0 bridgehead atoms. The van der Waals surface area contributed by atoms with Gasteiger partial charge >= 0.3 is 6.18 Å². The number of aryl methyl sites for hydroxylation is 1. The standard InChI is InChI=1S/C16H16F3NS/c17-16(18,19)11-6-4-10(5-7-11)15(20)13-2-1-3-14-12(13)8-9-21-14/h4-9,13,15H,1-3,20H2. The van der Waals surface area contributed by atoms with Crippen molar-refractivity contribution in [2.45, 2.75) is 37.4 Å². The van der Waals surface area contributed by atoms with Crippen LogP contribution in [-0.4, -0.2) is 0 Å². The Balaban J connectivity index is 1.85. The van der Waals surface area contributed by atoms with Gasteiger partial charge in [0.15, 0.2) is 0 Å². The zero-order valence-corrected chi connectivity index (χ0v) is 12.2. The Morgan fingerprint density at radius 1 is 1.14 bits per heavy atom. The summed E-state index contributed by atoms with van der Waals surface area (Å²) in [7, 11) is 0. The van der Waals surface area contributed by atoms with Crippen LogP contribution in [0.1, 0.15) is 46.4 Å². The van der Waals surface area contributed by atoms with E-state index in [-0.39, 0.29) is 12.0 Å². The van der Waals surface area contributed by atoms with Crippen molar-refractivity contribution in [1.29, 1.82) is 0 Å². The number of hydrogen-bond acceptors (Lipinski definition) is 2. The number of hydrogen-bond donors (Lipinski definition) is 1. The van der Waals surface area contributed by atoms with Gasteiger partial charge in [-0.25, -0.2) is 0 Å². The molecule has 2 aromatic rings. The van der Waals surface area contributed by atoms with Gasteiger partial charge in [-0.1, -0.05) is 12.1 Å². The highest BCUT2D eigenvalue weighted by Crippen LogP contribution is 2.41. The van der Waals surface area contributed by atoms with Crippen molar-refractivity contribution in [3.05, 3.63) is 57.3 Å². The molecule has 1 aromatic carbocycles. The minimum absolute atomic E-state index is 0.205. The fourth-order valence-corrected chi connectivity index (χ4v) is 4.02. The van der Waals surface area contributed by atoms with Crippen molar-refractivity contribution in [3.8, 4) is 0 Å². The van der Waals surface area contributed by atoms with Gasteiger partial charge in [-0.2, -0.15) is 13.2 Å². The molecule has 21 heavy (non-hydrogen) atoms. The molecule has 2 N–H and O–H groups in total. The van der Waals surface area contributed by atoms with E-state index in [4.69, 9.17) is 5.73 Å². The van der Waals surface area contributed by atoms with Gasteiger partial charge in [0.1, 0.15) is 0 Å². The fourth-order valence-electron chi connectivity index (χ4n) is 3.02. The molecule has 1 aliphatic rings. The second kappa shape index (κ2) is 5.46. The van der Waals surface area contributed by atoms with Crippen LogP contribution in [0.5, 0.6) is 0 Å². The second-order valence-corrected chi connectivity index (χ2v) is 6.44. The second-order valence-electron chi connectivity index (χ2n) is 5.44. The maximum atomic E-state index is 12.6. The van der Waals surface area contributed by atoms with Crippen molar-refractivity contribution >= 4 is 11.3 Å². The molecule has 1 heterocycles. The molecule has 2 unspecified atom stereocenters. The Morgan fingerprint density at radius 3 is 2.52 bits per heavy atom. The summed E-state index contributed by atoms with van der Waals surface area (Å²) in [5.74, 6) is 0.205. The van der Waals surface area contributed by atoms with E-state index in [0.29, 0.717) is 0 Å². The van der Waals surface area contributed by atoms with E-state index >= 15 is 0 Å². The summed E-state index contributed by atoms with van der Waals surface area (Å²) < 4.78 is 37.8. The zero-order valence-electron chi connectivity index (χ0n) is 11.4. The van der Waals surface area contributed by atoms with E-state index in [1.165, 1.54) is 22.6 Å². The van der Waals surface area contributed by atoms with Crippen molar-refractivity contribution in [2.24, 2.45) is 5.73 Å². The maximum Gasteiger partial charge on any atom is 0.416 e. The van der Waals surface area contributed by atoms with Crippen LogP contribution in [0.4, 0.5) is 13.2 Å². The summed E-state index contributed by atoms with van der Waals surface area (Å²) in [6, 6.07) is 7.11. The molecular weight excluding hydrogens is 295 g/mol. The predicted octanol–water partition coefficient (Wildman–Crippen LogP) is 4.89. The number of fused-ring (bicyclic) bond motifs is 1. The zero-order chi connectivity index (χ0) is 15.0. The molecular formula is C16H16F3NS. The van der Waals surface area contributed by atoms with Gasteiger partial charge < -0.3 is 5.73 Å². The van der Waals surface area contributed by atoms with Crippen LogP contribution < -0.4 is 5.73 Å². The molecule has 0 amide bonds. The predicted molar refractivity (Wildman–Crippen MR) is 78.4 cm³/mol. The maximum absolute atomic E-state index is 12.6. The average molecular weight is 311 g/mol. The Kier molecular flexibility index (Phi) is 3.80. The molecule has 0 radical (unpaired) electrons. The molecule has 0 aliphatic heterocycles. The van der Waals surface area contributed by atoms with E-state index in [1.807, 2.05) is 0 Å². The van der Waals surface area contributed by atoms with Crippen LogP contribution >= 0.6 is 11.3 Å². The molecule has 0 saturated heterocycles. The van der Waals surface area contributed by atoms with E-state index in [0.717, 1.165) is 37.0 Å². The minimum atomic E-state index is -4.30. The molecule has 112 valence electrons. The molecule has 1 aromatic heterocycles. The number of nitrogens with two attached hydrogens (primary N) is 1. The monoisotopic (exact) mass is 311 g/mol. The van der Waals surface area contributed by atoms with Crippen molar-refractivity contribution in [3.63, 3.8) is 0 Å². The van der Waals surface area contributed by atoms with Crippen LogP contribution in [0.25, 0.3) is 0 Å². The highest BCUT2D eigenvalue weighted by atomic mass is 32.1. The highest BCUT2D eigenvalue weighted by molar-refractivity contribution is 7.10. The molecule has 2 atom stereocenters. The Morgan fingerprint density at radius 2 is 1.86 bits per heavy atom. The molecule has 0 fully saturated rings. The molecule has 0 saturated carbocycles. The normalized spacial score (nSPS) is 20.1. The lowest BCUT2D eigenvalue weighted by Gasteiger charge is -2.28. The summed E-state index contributed by atoms with van der Waals surface area (Å²) in [5.41, 5.74) is 7.75. The number of halogens is 3. The largest absolute Gasteiger partial charge is 0.416 e. The van der Waals surface area contributed by atoms with Gasteiger partial charge in [-0.3, -0.25) is 0 Å². The number of thiophene rings is 1. The summed E-state index contributed by atoms with van der Waals surface area (Å²) >= 11 is 1.74. The van der Waals surface area contributed by atoms with Gasteiger partial charge in [-0.05, 0) is 54.0 Å². The topological polar surface area (TPSA) is 26.0 Å². The van der Waals surface area contributed by atoms with Crippen molar-refractivity contribution in [1.82, 2.24) is 0 Å². The van der Waals surface area contributed by atoms with Gasteiger partial charge in [0.2, 0.25) is 0 Å². The van der Waals surface area contributed by atoms with Crippen LogP contribution in [0.3, 0.4) is 0 Å². The van der Waals surface area contributed by atoms with E-state index < -0.39 is 11.7 Å². The third-order valence-electron chi connectivity index (χ3n) is 4.15. The summed E-state index contributed by atoms with van der Waals surface area (Å²) in [6.45, 7) is 0. The summed E-state index contributed by atoms with van der Waals surface area (Å²) in [5, 5.41) is 2.07. The first-order valence-corrected chi connectivity index (χ1v) is 7.84. The van der Waals surface area contributed by atoms with E-state index in [2.05, 4.69) is 11.4 Å². The fraction of sp³-hybridized carbons (Fsp3) is 0.375. The van der Waals surface area contributed by atoms with E-state index in [1.54, 1.807) is 11.3 Å². The number of benzene rings is 1. The van der Waals surface area contributed by atoms with Crippen molar-refractivity contribution < 1.29 is 13.2 Å².